The van der Waals surface area contributed by atoms with E-state index in [1.165, 1.54) is 6.07 Å². The minimum Gasteiger partial charge on any atom is -0.492 e. The van der Waals surface area contributed by atoms with Crippen molar-refractivity contribution in [3.8, 4) is 28.0 Å². The lowest BCUT2D eigenvalue weighted by Gasteiger charge is -2.11. The summed E-state index contributed by atoms with van der Waals surface area (Å²) < 4.78 is 31.6. The average Bonchev–Trinajstić information content (AvgIpc) is 3.26. The van der Waals surface area contributed by atoms with Crippen LogP contribution in [-0.4, -0.2) is 55.2 Å². The van der Waals surface area contributed by atoms with Gasteiger partial charge < -0.3 is 9.64 Å². The maximum Gasteiger partial charge on any atom is 0.238 e. The van der Waals surface area contributed by atoms with Gasteiger partial charge in [0.2, 0.25) is 10.0 Å². The molecule has 3 aromatic carbocycles. The van der Waals surface area contributed by atoms with E-state index in [0.29, 0.717) is 17.6 Å². The van der Waals surface area contributed by atoms with Crippen molar-refractivity contribution in [2.45, 2.75) is 4.90 Å². The Morgan fingerprint density at radius 3 is 2.37 bits per heavy atom. The van der Waals surface area contributed by atoms with Crippen LogP contribution in [0.5, 0.6) is 5.75 Å². The Morgan fingerprint density at radius 1 is 0.914 bits per heavy atom. The van der Waals surface area contributed by atoms with Crippen molar-refractivity contribution >= 4 is 26.4 Å². The van der Waals surface area contributed by atoms with E-state index < -0.39 is 10.0 Å². The number of hydrogen-bond acceptors (Lipinski definition) is 6. The molecule has 2 N–H and O–H groups in total. The number of nitrogens with two attached hydrogens (primary N) is 1. The average molecular weight is 488 g/mol. The van der Waals surface area contributed by atoms with Crippen LogP contribution in [0, 0.1) is 0 Å². The monoisotopic (exact) mass is 487 g/mol. The Morgan fingerprint density at radius 2 is 1.66 bits per heavy atom. The number of ether oxygens (including phenoxy) is 1. The molecule has 0 spiro atoms. The lowest BCUT2D eigenvalue weighted by atomic mass is 10.00. The predicted octanol–water partition coefficient (Wildman–Crippen LogP) is 3.80. The van der Waals surface area contributed by atoms with Gasteiger partial charge in [0.05, 0.1) is 11.1 Å². The van der Waals surface area contributed by atoms with Crippen molar-refractivity contribution in [2.24, 2.45) is 5.14 Å². The van der Waals surface area contributed by atoms with Crippen LogP contribution in [0.3, 0.4) is 0 Å². The van der Waals surface area contributed by atoms with Crippen LogP contribution in [0.2, 0.25) is 0 Å². The second-order valence-corrected chi connectivity index (χ2v) is 10.1. The molecule has 2 aromatic heterocycles. The maximum absolute atomic E-state index is 12.1. The highest BCUT2D eigenvalue weighted by Crippen LogP contribution is 2.34. The van der Waals surface area contributed by atoms with Crippen LogP contribution in [0.4, 0.5) is 0 Å². The van der Waals surface area contributed by atoms with Gasteiger partial charge in [-0.05, 0) is 48.8 Å². The van der Waals surface area contributed by atoms with Gasteiger partial charge in [0, 0.05) is 35.5 Å². The number of nitrogens with zero attached hydrogens (tertiary/aromatic N) is 4. The van der Waals surface area contributed by atoms with Gasteiger partial charge in [-0.15, -0.1) is 0 Å². The van der Waals surface area contributed by atoms with E-state index in [9.17, 15) is 8.42 Å². The van der Waals surface area contributed by atoms with Gasteiger partial charge >= 0.3 is 0 Å². The van der Waals surface area contributed by atoms with E-state index in [-0.39, 0.29) is 4.90 Å². The molecule has 5 rings (SSSR count). The predicted molar refractivity (Wildman–Crippen MR) is 137 cm³/mol. The van der Waals surface area contributed by atoms with E-state index in [0.717, 1.165) is 39.9 Å². The zero-order valence-corrected chi connectivity index (χ0v) is 20.2. The van der Waals surface area contributed by atoms with Gasteiger partial charge in [-0.2, -0.15) is 5.10 Å². The third-order valence-electron chi connectivity index (χ3n) is 5.83. The second-order valence-electron chi connectivity index (χ2n) is 8.55. The summed E-state index contributed by atoms with van der Waals surface area (Å²) in [4.78, 5) is 6.85. The van der Waals surface area contributed by atoms with E-state index in [4.69, 9.17) is 9.88 Å². The number of primary sulfonamides is 1. The molecule has 0 radical (unpaired) electrons. The van der Waals surface area contributed by atoms with Gasteiger partial charge in [0.15, 0.2) is 5.65 Å². The van der Waals surface area contributed by atoms with Crippen LogP contribution in [0.1, 0.15) is 0 Å². The highest BCUT2D eigenvalue weighted by atomic mass is 32.2. The molecule has 178 valence electrons. The Hall–Kier alpha value is -3.79. The van der Waals surface area contributed by atoms with Crippen molar-refractivity contribution in [1.29, 1.82) is 0 Å². The number of benzene rings is 3. The van der Waals surface area contributed by atoms with E-state index in [1.807, 2.05) is 62.9 Å². The number of sulfonamides is 1. The third kappa shape index (κ3) is 4.61. The first-order chi connectivity index (χ1) is 16.8. The van der Waals surface area contributed by atoms with Gasteiger partial charge in [-0.25, -0.2) is 23.1 Å². The fourth-order valence-electron chi connectivity index (χ4n) is 4.06. The first-order valence-electron chi connectivity index (χ1n) is 11.1. The summed E-state index contributed by atoms with van der Waals surface area (Å²) in [5.74, 6) is 0.820. The number of rotatable bonds is 7. The first-order valence-corrected chi connectivity index (χ1v) is 12.6. The zero-order valence-electron chi connectivity index (χ0n) is 19.4. The van der Waals surface area contributed by atoms with Crippen LogP contribution < -0.4 is 9.88 Å². The molecule has 2 heterocycles. The number of aromatic nitrogens is 3. The molecule has 0 saturated carbocycles. The topological polar surface area (TPSA) is 103 Å². The molecule has 0 atom stereocenters. The van der Waals surface area contributed by atoms with Crippen molar-refractivity contribution in [1.82, 2.24) is 19.5 Å². The van der Waals surface area contributed by atoms with Crippen LogP contribution in [-0.2, 0) is 10.0 Å². The minimum absolute atomic E-state index is 0.0951. The molecule has 0 saturated heterocycles. The largest absolute Gasteiger partial charge is 0.492 e. The van der Waals surface area contributed by atoms with Gasteiger partial charge in [-0.1, -0.05) is 42.5 Å². The van der Waals surface area contributed by atoms with Gasteiger partial charge in [0.1, 0.15) is 12.4 Å². The maximum atomic E-state index is 12.1. The first kappa shape index (κ1) is 23.0. The molecule has 0 bridgehead atoms. The number of likely N-dealkylation sites (N-methyl/N-ethyl adjacent to an activating group) is 1. The summed E-state index contributed by atoms with van der Waals surface area (Å²) >= 11 is 0. The van der Waals surface area contributed by atoms with E-state index in [1.54, 1.807) is 28.9 Å². The second kappa shape index (κ2) is 9.10. The van der Waals surface area contributed by atoms with Crippen LogP contribution in [0.15, 0.2) is 84.1 Å². The Labute approximate surface area is 203 Å². The van der Waals surface area contributed by atoms with Crippen LogP contribution in [0.25, 0.3) is 38.7 Å². The molecular weight excluding hydrogens is 462 g/mol. The molecule has 0 amide bonds. The summed E-state index contributed by atoms with van der Waals surface area (Å²) in [6.07, 6.45) is 5.48. The van der Waals surface area contributed by atoms with Crippen molar-refractivity contribution in [3.63, 3.8) is 0 Å². The molecule has 0 aliphatic heterocycles. The lowest BCUT2D eigenvalue weighted by Crippen LogP contribution is -2.19. The van der Waals surface area contributed by atoms with Crippen molar-refractivity contribution in [3.05, 3.63) is 79.3 Å². The minimum atomic E-state index is -3.85. The van der Waals surface area contributed by atoms with Gasteiger partial charge in [0.25, 0.3) is 0 Å². The van der Waals surface area contributed by atoms with Gasteiger partial charge in [-0.3, -0.25) is 0 Å². The molecule has 5 aromatic rings. The lowest BCUT2D eigenvalue weighted by molar-refractivity contribution is 0.261. The summed E-state index contributed by atoms with van der Waals surface area (Å²) in [5, 5.41) is 11.3. The van der Waals surface area contributed by atoms with Crippen molar-refractivity contribution in [2.75, 3.05) is 27.2 Å². The van der Waals surface area contributed by atoms with Crippen molar-refractivity contribution < 1.29 is 13.2 Å². The summed E-state index contributed by atoms with van der Waals surface area (Å²) in [5.41, 5.74) is 4.23. The quantitative estimate of drug-likeness (QED) is 0.375. The van der Waals surface area contributed by atoms with Crippen LogP contribution >= 0.6 is 0 Å². The van der Waals surface area contributed by atoms with E-state index >= 15 is 0 Å². The molecule has 8 nitrogen and oxygen atoms in total. The highest BCUT2D eigenvalue weighted by molar-refractivity contribution is 7.89. The molecular formula is C26H25N5O3S. The Kier molecular flexibility index (Phi) is 5.98. The smallest absolute Gasteiger partial charge is 0.238 e. The Bertz CT molecular complexity index is 1630. The summed E-state index contributed by atoms with van der Waals surface area (Å²) in [7, 11) is 0.171. The summed E-state index contributed by atoms with van der Waals surface area (Å²) in [6, 6.07) is 18.5. The molecule has 0 aliphatic rings. The number of hydrogen-bond donors (Lipinski definition) is 1. The number of fused-ring (bicyclic) bond motifs is 2. The zero-order chi connectivity index (χ0) is 24.6. The SMILES string of the molecule is CN(C)CCOc1ccc(-c2cnc3c(-c4ccc(S(N)(=O)=O)c5ccccc45)cnn3c2)cc1. The molecule has 0 aliphatic carbocycles. The molecule has 9 heteroatoms. The third-order valence-corrected chi connectivity index (χ3v) is 6.80. The Balaban J connectivity index is 1.49. The summed E-state index contributed by atoms with van der Waals surface area (Å²) in [6.45, 7) is 1.48. The normalized spacial score (nSPS) is 12.0. The molecule has 35 heavy (non-hydrogen) atoms. The standard InChI is InChI=1S/C26H25N5O3S/c1-30(2)13-14-34-20-9-7-18(8-10-20)19-15-28-26-24(16-29-31(26)17-19)22-11-12-25(35(27,32)33)23-6-4-3-5-21(22)23/h3-12,15-17H,13-14H2,1-2H3,(H2,27,32,33). The fourth-order valence-corrected chi connectivity index (χ4v) is 4.80. The molecule has 0 unspecified atom stereocenters. The highest BCUT2D eigenvalue weighted by Gasteiger charge is 2.17. The molecule has 0 fully saturated rings. The fraction of sp³-hybridized carbons (Fsp3) is 0.154. The van der Waals surface area contributed by atoms with E-state index in [2.05, 4.69) is 15.0 Å².